The predicted molar refractivity (Wildman–Crippen MR) is 42.6 cm³/mol. The van der Waals surface area contributed by atoms with E-state index in [1.165, 1.54) is 0 Å². The summed E-state index contributed by atoms with van der Waals surface area (Å²) in [5.41, 5.74) is 0. The lowest BCUT2D eigenvalue weighted by molar-refractivity contribution is -0.185. The number of rotatable bonds is 2. The zero-order valence-electron chi connectivity index (χ0n) is 7.73. The van der Waals surface area contributed by atoms with Gasteiger partial charge in [-0.1, -0.05) is 0 Å². The van der Waals surface area contributed by atoms with Crippen LogP contribution in [0.4, 0.5) is 13.2 Å². The summed E-state index contributed by atoms with van der Waals surface area (Å²) in [4.78, 5) is 11.1. The third kappa shape index (κ3) is 2.37. The highest BCUT2D eigenvalue weighted by atomic mass is 19.4. The van der Waals surface area contributed by atoms with Crippen LogP contribution in [-0.4, -0.2) is 31.3 Å². The van der Waals surface area contributed by atoms with Crippen LogP contribution in [0.1, 0.15) is 13.3 Å². The molecule has 1 aliphatic heterocycles. The van der Waals surface area contributed by atoms with E-state index in [0.29, 0.717) is 0 Å². The lowest BCUT2D eigenvalue weighted by atomic mass is 10.0. The van der Waals surface area contributed by atoms with Crippen LogP contribution in [0.5, 0.6) is 0 Å². The topological polar surface area (TPSA) is 38.3 Å². The Bertz CT molecular complexity index is 217. The Balaban J connectivity index is 2.64. The molecule has 2 unspecified atom stereocenters. The summed E-state index contributed by atoms with van der Waals surface area (Å²) in [6.45, 7) is 1.87. The first-order valence-corrected chi connectivity index (χ1v) is 4.43. The standard InChI is InChI=1S/C8H12F3NO2/c1-2-14-7(13)6-5(3-4-12-6)8(9,10)11/h5-6,12H,2-4H2,1H3. The van der Waals surface area contributed by atoms with E-state index in [9.17, 15) is 18.0 Å². The number of carbonyl (C=O) groups is 1. The number of alkyl halides is 3. The number of esters is 1. The van der Waals surface area contributed by atoms with E-state index in [-0.39, 0.29) is 19.6 Å². The Kier molecular flexibility index (Phi) is 3.36. The molecule has 0 radical (unpaired) electrons. The Morgan fingerprint density at radius 1 is 1.57 bits per heavy atom. The molecule has 2 atom stereocenters. The minimum absolute atomic E-state index is 0.0625. The lowest BCUT2D eigenvalue weighted by Crippen LogP contribution is -2.42. The maximum atomic E-state index is 12.4. The van der Waals surface area contributed by atoms with E-state index >= 15 is 0 Å². The highest BCUT2D eigenvalue weighted by molar-refractivity contribution is 5.76. The van der Waals surface area contributed by atoms with Gasteiger partial charge in [-0.05, 0) is 19.9 Å². The summed E-state index contributed by atoms with van der Waals surface area (Å²) in [6, 6.07) is -1.23. The molecule has 0 amide bonds. The van der Waals surface area contributed by atoms with Gasteiger partial charge in [-0.3, -0.25) is 4.79 Å². The molecule has 3 nitrogen and oxygen atoms in total. The van der Waals surface area contributed by atoms with Gasteiger partial charge in [0.05, 0.1) is 12.5 Å². The van der Waals surface area contributed by atoms with Crippen LogP contribution >= 0.6 is 0 Å². The van der Waals surface area contributed by atoms with Crippen molar-refractivity contribution in [3.8, 4) is 0 Å². The highest BCUT2D eigenvalue weighted by Gasteiger charge is 2.50. The van der Waals surface area contributed by atoms with Crippen molar-refractivity contribution in [2.75, 3.05) is 13.2 Å². The van der Waals surface area contributed by atoms with Crippen LogP contribution in [0.2, 0.25) is 0 Å². The fourth-order valence-corrected chi connectivity index (χ4v) is 1.54. The van der Waals surface area contributed by atoms with Crippen LogP contribution in [0, 0.1) is 5.92 Å². The summed E-state index contributed by atoms with van der Waals surface area (Å²) < 4.78 is 41.6. The number of hydrogen-bond donors (Lipinski definition) is 1. The van der Waals surface area contributed by atoms with E-state index in [4.69, 9.17) is 0 Å². The second-order valence-corrected chi connectivity index (χ2v) is 3.12. The van der Waals surface area contributed by atoms with Gasteiger partial charge in [-0.2, -0.15) is 13.2 Å². The second kappa shape index (κ2) is 4.16. The minimum Gasteiger partial charge on any atom is -0.465 e. The average Bonchev–Trinajstić information content (AvgIpc) is 2.50. The van der Waals surface area contributed by atoms with Gasteiger partial charge in [0.25, 0.3) is 0 Å². The first-order valence-electron chi connectivity index (χ1n) is 4.43. The number of carbonyl (C=O) groups excluding carboxylic acids is 1. The normalized spacial score (nSPS) is 27.7. The molecule has 6 heteroatoms. The Labute approximate surface area is 79.6 Å². The van der Waals surface area contributed by atoms with Crippen molar-refractivity contribution >= 4 is 5.97 Å². The highest BCUT2D eigenvalue weighted by Crippen LogP contribution is 2.34. The molecular weight excluding hydrogens is 199 g/mol. The average molecular weight is 211 g/mol. The van der Waals surface area contributed by atoms with Crippen molar-refractivity contribution in [2.45, 2.75) is 25.6 Å². The van der Waals surface area contributed by atoms with Gasteiger partial charge in [-0.25, -0.2) is 0 Å². The van der Waals surface area contributed by atoms with Gasteiger partial charge in [0.1, 0.15) is 6.04 Å². The molecule has 0 spiro atoms. The van der Waals surface area contributed by atoms with Crippen molar-refractivity contribution in [2.24, 2.45) is 5.92 Å². The van der Waals surface area contributed by atoms with Crippen LogP contribution in [0.15, 0.2) is 0 Å². The zero-order chi connectivity index (χ0) is 10.8. The Morgan fingerprint density at radius 2 is 2.21 bits per heavy atom. The summed E-state index contributed by atoms with van der Waals surface area (Å²) in [5.74, 6) is -2.42. The van der Waals surface area contributed by atoms with Crippen molar-refractivity contribution in [3.63, 3.8) is 0 Å². The molecule has 0 saturated carbocycles. The third-order valence-corrected chi connectivity index (χ3v) is 2.18. The maximum absolute atomic E-state index is 12.4. The van der Waals surface area contributed by atoms with Gasteiger partial charge < -0.3 is 10.1 Å². The molecule has 0 aromatic heterocycles. The number of hydrogen-bond acceptors (Lipinski definition) is 3. The summed E-state index contributed by atoms with van der Waals surface area (Å²) >= 11 is 0. The Morgan fingerprint density at radius 3 is 2.71 bits per heavy atom. The van der Waals surface area contributed by atoms with Crippen molar-refractivity contribution in [1.82, 2.24) is 5.32 Å². The van der Waals surface area contributed by atoms with Crippen molar-refractivity contribution in [3.05, 3.63) is 0 Å². The molecule has 1 N–H and O–H groups in total. The smallest absolute Gasteiger partial charge is 0.393 e. The molecule has 1 fully saturated rings. The first-order chi connectivity index (χ1) is 6.46. The quantitative estimate of drug-likeness (QED) is 0.695. The molecule has 82 valence electrons. The Hall–Kier alpha value is -0.780. The molecule has 0 aromatic rings. The van der Waals surface area contributed by atoms with E-state index < -0.39 is 24.1 Å². The molecule has 0 bridgehead atoms. The van der Waals surface area contributed by atoms with E-state index in [2.05, 4.69) is 10.1 Å². The zero-order valence-corrected chi connectivity index (χ0v) is 7.73. The predicted octanol–water partition coefficient (Wildman–Crippen LogP) is 1.09. The van der Waals surface area contributed by atoms with Crippen molar-refractivity contribution in [1.29, 1.82) is 0 Å². The fraction of sp³-hybridized carbons (Fsp3) is 0.875. The molecule has 1 saturated heterocycles. The van der Waals surface area contributed by atoms with E-state index in [1.807, 2.05) is 0 Å². The van der Waals surface area contributed by atoms with Crippen LogP contribution in [-0.2, 0) is 9.53 Å². The summed E-state index contributed by atoms with van der Waals surface area (Å²) in [7, 11) is 0. The number of halogens is 3. The van der Waals surface area contributed by atoms with Gasteiger partial charge in [-0.15, -0.1) is 0 Å². The van der Waals surface area contributed by atoms with E-state index in [1.54, 1.807) is 6.92 Å². The number of ether oxygens (including phenoxy) is 1. The molecular formula is C8H12F3NO2. The molecule has 1 aliphatic rings. The lowest BCUT2D eigenvalue weighted by Gasteiger charge is -2.20. The minimum atomic E-state index is -4.33. The van der Waals surface area contributed by atoms with Gasteiger partial charge in [0.15, 0.2) is 0 Å². The van der Waals surface area contributed by atoms with Gasteiger partial charge in [0.2, 0.25) is 0 Å². The van der Waals surface area contributed by atoms with Crippen molar-refractivity contribution < 1.29 is 22.7 Å². The molecule has 1 heterocycles. The SMILES string of the molecule is CCOC(=O)C1NCCC1C(F)(F)F. The maximum Gasteiger partial charge on any atom is 0.393 e. The fourth-order valence-electron chi connectivity index (χ4n) is 1.54. The van der Waals surface area contributed by atoms with Crippen LogP contribution < -0.4 is 5.32 Å². The first kappa shape index (κ1) is 11.3. The van der Waals surface area contributed by atoms with Gasteiger partial charge in [0, 0.05) is 0 Å². The van der Waals surface area contributed by atoms with Crippen LogP contribution in [0.3, 0.4) is 0 Å². The monoisotopic (exact) mass is 211 g/mol. The van der Waals surface area contributed by atoms with E-state index in [0.717, 1.165) is 0 Å². The molecule has 0 aliphatic carbocycles. The largest absolute Gasteiger partial charge is 0.465 e. The van der Waals surface area contributed by atoms with Gasteiger partial charge >= 0.3 is 12.1 Å². The molecule has 0 aromatic carbocycles. The molecule has 1 rings (SSSR count). The van der Waals surface area contributed by atoms with Crippen LogP contribution in [0.25, 0.3) is 0 Å². The second-order valence-electron chi connectivity index (χ2n) is 3.12. The summed E-state index contributed by atoms with van der Waals surface area (Å²) in [6.07, 6.45) is -4.39. The molecule has 14 heavy (non-hydrogen) atoms. The third-order valence-electron chi connectivity index (χ3n) is 2.18. The summed E-state index contributed by atoms with van der Waals surface area (Å²) in [5, 5.41) is 2.50. The number of nitrogens with one attached hydrogen (secondary N) is 1.